The van der Waals surface area contributed by atoms with Crippen molar-refractivity contribution in [2.75, 3.05) is 0 Å². The molecule has 0 aliphatic rings. The highest BCUT2D eigenvalue weighted by molar-refractivity contribution is 5.85. The van der Waals surface area contributed by atoms with E-state index in [1.54, 1.807) is 24.3 Å². The number of halogens is 3. The smallest absolute Gasteiger partial charge is 0.406 e. The van der Waals surface area contributed by atoms with Crippen LogP contribution in [0.25, 0.3) is 17.1 Å². The Morgan fingerprint density at radius 2 is 1.75 bits per heavy atom. The van der Waals surface area contributed by atoms with Gasteiger partial charge >= 0.3 is 6.36 Å². The number of aromatic nitrogens is 3. The first-order valence-corrected chi connectivity index (χ1v) is 6.79. The van der Waals surface area contributed by atoms with Gasteiger partial charge in [-0.15, -0.1) is 18.3 Å². The van der Waals surface area contributed by atoms with E-state index in [0.717, 1.165) is 0 Å². The molecule has 3 aromatic rings. The lowest BCUT2D eigenvalue weighted by Crippen LogP contribution is -2.17. The molecule has 0 saturated carbocycles. The van der Waals surface area contributed by atoms with Gasteiger partial charge in [0.05, 0.1) is 5.69 Å². The molecule has 0 radical (unpaired) electrons. The summed E-state index contributed by atoms with van der Waals surface area (Å²) in [6.45, 7) is 0. The first-order chi connectivity index (χ1) is 11.5. The Hall–Kier alpha value is -3.16. The highest BCUT2D eigenvalue weighted by Gasteiger charge is 2.30. The predicted molar refractivity (Wildman–Crippen MR) is 78.9 cm³/mol. The molecule has 122 valence electrons. The topological polar surface area (TPSA) is 57.0 Å². The van der Waals surface area contributed by atoms with Gasteiger partial charge < -0.3 is 4.74 Å². The third-order valence-electron chi connectivity index (χ3n) is 3.16. The molecule has 3 rings (SSSR count). The molecule has 0 atom stereocenters. The van der Waals surface area contributed by atoms with Crippen LogP contribution in [0.1, 0.15) is 10.4 Å². The maximum absolute atomic E-state index is 12.1. The molecule has 1 aromatic heterocycles. The van der Waals surface area contributed by atoms with Crippen LogP contribution in [0.4, 0.5) is 13.2 Å². The van der Waals surface area contributed by atoms with Crippen LogP contribution in [0, 0.1) is 0 Å². The van der Waals surface area contributed by atoms with Crippen molar-refractivity contribution in [1.29, 1.82) is 0 Å². The Kier molecular flexibility index (Phi) is 4.03. The largest absolute Gasteiger partial charge is 0.573 e. The number of alkyl halides is 3. The van der Waals surface area contributed by atoms with E-state index in [-0.39, 0.29) is 5.75 Å². The number of carbonyl (C=O) groups excluding carboxylic acids is 1. The van der Waals surface area contributed by atoms with E-state index in [1.165, 1.54) is 35.3 Å². The van der Waals surface area contributed by atoms with Crippen molar-refractivity contribution in [3.63, 3.8) is 0 Å². The average Bonchev–Trinajstić information content (AvgIpc) is 3.04. The molecule has 0 aliphatic carbocycles. The van der Waals surface area contributed by atoms with Crippen LogP contribution in [0.2, 0.25) is 0 Å². The van der Waals surface area contributed by atoms with E-state index >= 15 is 0 Å². The van der Waals surface area contributed by atoms with E-state index < -0.39 is 6.36 Å². The van der Waals surface area contributed by atoms with Crippen LogP contribution < -0.4 is 4.74 Å². The maximum Gasteiger partial charge on any atom is 0.573 e. The summed E-state index contributed by atoms with van der Waals surface area (Å²) in [5.74, 6) is 0.0196. The fourth-order valence-electron chi connectivity index (χ4n) is 2.11. The van der Waals surface area contributed by atoms with Gasteiger partial charge in [-0.3, -0.25) is 4.79 Å². The minimum absolute atomic E-state index is 0.321. The van der Waals surface area contributed by atoms with Crippen LogP contribution >= 0.6 is 0 Å². The number of benzene rings is 2. The molecular weight excluding hydrogens is 323 g/mol. The van der Waals surface area contributed by atoms with Crippen LogP contribution in [0.5, 0.6) is 5.75 Å². The fourth-order valence-corrected chi connectivity index (χ4v) is 2.11. The molecule has 1 heterocycles. The summed E-state index contributed by atoms with van der Waals surface area (Å²) in [5, 5.41) is 4.25. The van der Waals surface area contributed by atoms with Crippen LogP contribution in [-0.4, -0.2) is 27.4 Å². The minimum atomic E-state index is -4.74. The summed E-state index contributed by atoms with van der Waals surface area (Å²) in [4.78, 5) is 15.2. The summed E-state index contributed by atoms with van der Waals surface area (Å²) in [6.07, 6.45) is -2.61. The van der Waals surface area contributed by atoms with E-state index in [4.69, 9.17) is 0 Å². The standard InChI is InChI=1S/C16H10F3N3O2/c17-16(18,19)24-13-7-5-12(6-8-13)22-10-20-15(21-22)14-4-2-1-3-11(14)9-23/h1-10H. The molecule has 0 amide bonds. The number of hydrogen-bond donors (Lipinski definition) is 0. The summed E-state index contributed by atoms with van der Waals surface area (Å²) in [7, 11) is 0. The molecule has 0 N–H and O–H groups in total. The molecule has 0 bridgehead atoms. The molecule has 0 spiro atoms. The minimum Gasteiger partial charge on any atom is -0.406 e. The Labute approximate surface area is 134 Å². The number of nitrogens with zero attached hydrogens (tertiary/aromatic N) is 3. The van der Waals surface area contributed by atoms with Crippen LogP contribution in [-0.2, 0) is 0 Å². The van der Waals surface area contributed by atoms with Gasteiger partial charge in [-0.25, -0.2) is 9.67 Å². The third kappa shape index (κ3) is 3.43. The highest BCUT2D eigenvalue weighted by atomic mass is 19.4. The molecular formula is C16H10F3N3O2. The Morgan fingerprint density at radius 1 is 1.04 bits per heavy atom. The van der Waals surface area contributed by atoms with Gasteiger partial charge in [0.25, 0.3) is 0 Å². The van der Waals surface area contributed by atoms with Crippen molar-refractivity contribution in [2.24, 2.45) is 0 Å². The predicted octanol–water partition coefficient (Wildman–Crippen LogP) is 3.65. The van der Waals surface area contributed by atoms with Crippen molar-refractivity contribution in [2.45, 2.75) is 6.36 Å². The average molecular weight is 333 g/mol. The third-order valence-corrected chi connectivity index (χ3v) is 3.16. The highest BCUT2D eigenvalue weighted by Crippen LogP contribution is 2.24. The normalized spacial score (nSPS) is 11.3. The van der Waals surface area contributed by atoms with Crippen LogP contribution in [0.15, 0.2) is 54.9 Å². The molecule has 0 saturated heterocycles. The molecule has 24 heavy (non-hydrogen) atoms. The summed E-state index contributed by atoms with van der Waals surface area (Å²) in [5.41, 5.74) is 1.53. The lowest BCUT2D eigenvalue weighted by atomic mass is 10.1. The van der Waals surface area contributed by atoms with Crippen molar-refractivity contribution in [3.8, 4) is 22.8 Å². The summed E-state index contributed by atoms with van der Waals surface area (Å²) in [6, 6.07) is 12.1. The van der Waals surface area contributed by atoms with E-state index in [2.05, 4.69) is 14.8 Å². The Balaban J connectivity index is 1.87. The van der Waals surface area contributed by atoms with Gasteiger partial charge in [-0.1, -0.05) is 24.3 Å². The summed E-state index contributed by atoms with van der Waals surface area (Å²) < 4.78 is 41.7. The fraction of sp³-hybridized carbons (Fsp3) is 0.0625. The van der Waals surface area contributed by atoms with Gasteiger partial charge in [-0.05, 0) is 24.3 Å². The quantitative estimate of drug-likeness (QED) is 0.684. The molecule has 0 unspecified atom stereocenters. The molecule has 0 fully saturated rings. The second-order valence-corrected chi connectivity index (χ2v) is 4.76. The van der Waals surface area contributed by atoms with Gasteiger partial charge in [0.1, 0.15) is 12.1 Å². The second kappa shape index (κ2) is 6.15. The Bertz CT molecular complexity index is 858. The van der Waals surface area contributed by atoms with Crippen molar-refractivity contribution in [1.82, 2.24) is 14.8 Å². The molecule has 5 nitrogen and oxygen atoms in total. The van der Waals surface area contributed by atoms with E-state index in [1.807, 2.05) is 0 Å². The van der Waals surface area contributed by atoms with Gasteiger partial charge in [-0.2, -0.15) is 0 Å². The zero-order valence-corrected chi connectivity index (χ0v) is 12.1. The van der Waals surface area contributed by atoms with E-state index in [0.29, 0.717) is 28.9 Å². The van der Waals surface area contributed by atoms with Gasteiger partial charge in [0.2, 0.25) is 0 Å². The number of hydrogen-bond acceptors (Lipinski definition) is 4. The molecule has 0 aliphatic heterocycles. The lowest BCUT2D eigenvalue weighted by Gasteiger charge is -2.09. The van der Waals surface area contributed by atoms with Gasteiger partial charge in [0, 0.05) is 11.1 Å². The SMILES string of the molecule is O=Cc1ccccc1-c1ncn(-c2ccc(OC(F)(F)F)cc2)n1. The first-order valence-electron chi connectivity index (χ1n) is 6.79. The van der Waals surface area contributed by atoms with Crippen LogP contribution in [0.3, 0.4) is 0 Å². The molecule has 8 heteroatoms. The summed E-state index contributed by atoms with van der Waals surface area (Å²) >= 11 is 0. The number of carbonyl (C=O) groups is 1. The zero-order valence-electron chi connectivity index (χ0n) is 12.1. The van der Waals surface area contributed by atoms with Crippen molar-refractivity contribution < 1.29 is 22.7 Å². The molecule has 2 aromatic carbocycles. The zero-order chi connectivity index (χ0) is 17.2. The lowest BCUT2D eigenvalue weighted by molar-refractivity contribution is -0.274. The van der Waals surface area contributed by atoms with Crippen molar-refractivity contribution >= 4 is 6.29 Å². The monoisotopic (exact) mass is 333 g/mol. The second-order valence-electron chi connectivity index (χ2n) is 4.76. The number of aldehydes is 1. The Morgan fingerprint density at radius 3 is 2.42 bits per heavy atom. The first kappa shape index (κ1) is 15.7. The number of rotatable bonds is 4. The van der Waals surface area contributed by atoms with Gasteiger partial charge in [0.15, 0.2) is 12.1 Å². The maximum atomic E-state index is 12.1. The van der Waals surface area contributed by atoms with E-state index in [9.17, 15) is 18.0 Å². The number of ether oxygens (including phenoxy) is 1. The van der Waals surface area contributed by atoms with Crippen molar-refractivity contribution in [3.05, 3.63) is 60.4 Å².